The number of aliphatic hydroxyl groups is 1. The molecule has 1 amide bonds. The molecular weight excluding hydrogens is 196 g/mol. The molecule has 5 heteroatoms. The van der Waals surface area contributed by atoms with Crippen molar-refractivity contribution in [3.8, 4) is 0 Å². The van der Waals surface area contributed by atoms with Gasteiger partial charge in [-0.2, -0.15) is 0 Å². The number of likely N-dealkylation sites (N-methyl/N-ethyl adjacent to an activating group) is 1. The Labute approximate surface area is 90.2 Å². The summed E-state index contributed by atoms with van der Waals surface area (Å²) in [5, 5.41) is 9.60. The fourth-order valence-electron chi connectivity index (χ4n) is 1.78. The lowest BCUT2D eigenvalue weighted by atomic mass is 9.97. The van der Waals surface area contributed by atoms with Gasteiger partial charge in [-0.25, -0.2) is 0 Å². The van der Waals surface area contributed by atoms with Gasteiger partial charge in [0, 0.05) is 20.2 Å². The SMILES string of the molecule is CN(CC(C)(C)O)C(=O)C1(N)CCOC1. The van der Waals surface area contributed by atoms with E-state index < -0.39 is 11.1 Å². The van der Waals surface area contributed by atoms with Gasteiger partial charge in [0.1, 0.15) is 5.54 Å². The van der Waals surface area contributed by atoms with Crippen molar-refractivity contribution in [3.63, 3.8) is 0 Å². The van der Waals surface area contributed by atoms with Crippen LogP contribution in [-0.4, -0.2) is 53.9 Å². The Hall–Kier alpha value is -0.650. The third-order valence-corrected chi connectivity index (χ3v) is 2.45. The van der Waals surface area contributed by atoms with Crippen molar-refractivity contribution in [2.24, 2.45) is 5.73 Å². The van der Waals surface area contributed by atoms with Gasteiger partial charge in [0.25, 0.3) is 0 Å². The van der Waals surface area contributed by atoms with E-state index in [9.17, 15) is 9.90 Å². The monoisotopic (exact) mass is 216 g/mol. The van der Waals surface area contributed by atoms with E-state index in [2.05, 4.69) is 0 Å². The average Bonchev–Trinajstić information content (AvgIpc) is 2.49. The van der Waals surface area contributed by atoms with Crippen LogP contribution in [0.1, 0.15) is 20.3 Å². The lowest BCUT2D eigenvalue weighted by Crippen LogP contribution is -2.56. The summed E-state index contributed by atoms with van der Waals surface area (Å²) in [6.07, 6.45) is 0.544. The topological polar surface area (TPSA) is 75.8 Å². The Morgan fingerprint density at radius 2 is 2.27 bits per heavy atom. The molecule has 15 heavy (non-hydrogen) atoms. The smallest absolute Gasteiger partial charge is 0.244 e. The minimum Gasteiger partial charge on any atom is -0.389 e. The summed E-state index contributed by atoms with van der Waals surface area (Å²) in [4.78, 5) is 13.4. The number of hydrogen-bond acceptors (Lipinski definition) is 4. The number of carbonyl (C=O) groups is 1. The summed E-state index contributed by atoms with van der Waals surface area (Å²) in [6.45, 7) is 4.38. The Bertz CT molecular complexity index is 242. The Balaban J connectivity index is 2.60. The van der Waals surface area contributed by atoms with Gasteiger partial charge in [0.2, 0.25) is 5.91 Å². The molecule has 0 spiro atoms. The Kier molecular flexibility index (Phi) is 3.38. The zero-order valence-electron chi connectivity index (χ0n) is 9.62. The summed E-state index contributed by atoms with van der Waals surface area (Å²) in [6, 6.07) is 0. The van der Waals surface area contributed by atoms with Gasteiger partial charge in [-0.1, -0.05) is 0 Å². The maximum absolute atomic E-state index is 12.0. The van der Waals surface area contributed by atoms with Crippen molar-refractivity contribution in [1.82, 2.24) is 4.90 Å². The molecule has 0 aliphatic carbocycles. The second-order valence-electron chi connectivity index (χ2n) is 4.93. The van der Waals surface area contributed by atoms with Crippen molar-refractivity contribution < 1.29 is 14.6 Å². The number of ether oxygens (including phenoxy) is 1. The standard InChI is InChI=1S/C10H20N2O3/c1-9(2,14)6-12(3)8(13)10(11)4-5-15-7-10/h14H,4-7,11H2,1-3H3. The largest absolute Gasteiger partial charge is 0.389 e. The fourth-order valence-corrected chi connectivity index (χ4v) is 1.78. The zero-order valence-corrected chi connectivity index (χ0v) is 9.62. The normalized spacial score (nSPS) is 26.7. The minimum atomic E-state index is -0.903. The number of amides is 1. The van der Waals surface area contributed by atoms with Gasteiger partial charge in [-0.3, -0.25) is 4.79 Å². The molecule has 0 aromatic carbocycles. The molecule has 1 atom stereocenters. The van der Waals surface area contributed by atoms with E-state index in [0.29, 0.717) is 13.0 Å². The van der Waals surface area contributed by atoms with E-state index >= 15 is 0 Å². The molecule has 0 saturated carbocycles. The van der Waals surface area contributed by atoms with Crippen LogP contribution in [0.4, 0.5) is 0 Å². The lowest BCUT2D eigenvalue weighted by Gasteiger charge is -2.31. The molecule has 1 aliphatic rings. The van der Waals surface area contributed by atoms with Gasteiger partial charge >= 0.3 is 0 Å². The number of nitrogens with zero attached hydrogens (tertiary/aromatic N) is 1. The molecule has 0 aromatic heterocycles. The van der Waals surface area contributed by atoms with Crippen LogP contribution in [0.15, 0.2) is 0 Å². The molecule has 1 unspecified atom stereocenters. The predicted octanol–water partition coefficient (Wildman–Crippen LogP) is -0.666. The molecule has 5 nitrogen and oxygen atoms in total. The average molecular weight is 216 g/mol. The van der Waals surface area contributed by atoms with E-state index in [-0.39, 0.29) is 19.1 Å². The summed E-state index contributed by atoms with van der Waals surface area (Å²) < 4.78 is 5.13. The summed E-state index contributed by atoms with van der Waals surface area (Å²) in [5.74, 6) is -0.165. The molecule has 0 aromatic rings. The second kappa shape index (κ2) is 4.08. The highest BCUT2D eigenvalue weighted by atomic mass is 16.5. The van der Waals surface area contributed by atoms with Crippen LogP contribution in [0.2, 0.25) is 0 Å². The highest BCUT2D eigenvalue weighted by Gasteiger charge is 2.40. The number of carbonyl (C=O) groups excluding carboxylic acids is 1. The molecule has 1 rings (SSSR count). The molecule has 1 fully saturated rings. The fraction of sp³-hybridized carbons (Fsp3) is 0.900. The molecule has 1 aliphatic heterocycles. The third kappa shape index (κ3) is 3.15. The first-order valence-electron chi connectivity index (χ1n) is 5.09. The van der Waals surface area contributed by atoms with Crippen molar-refractivity contribution in [3.05, 3.63) is 0 Å². The number of rotatable bonds is 3. The van der Waals surface area contributed by atoms with Crippen molar-refractivity contribution >= 4 is 5.91 Å². The van der Waals surface area contributed by atoms with Crippen molar-refractivity contribution in [1.29, 1.82) is 0 Å². The van der Waals surface area contributed by atoms with Crippen LogP contribution in [0.3, 0.4) is 0 Å². The molecule has 1 heterocycles. The molecule has 0 bridgehead atoms. The maximum atomic E-state index is 12.0. The van der Waals surface area contributed by atoms with Gasteiger partial charge in [0.15, 0.2) is 0 Å². The summed E-state index contributed by atoms with van der Waals surface area (Å²) >= 11 is 0. The van der Waals surface area contributed by atoms with Gasteiger partial charge < -0.3 is 20.5 Å². The third-order valence-electron chi connectivity index (χ3n) is 2.45. The Morgan fingerprint density at radius 1 is 1.67 bits per heavy atom. The van der Waals surface area contributed by atoms with E-state index in [1.807, 2.05) is 0 Å². The number of hydrogen-bond donors (Lipinski definition) is 2. The molecule has 0 radical (unpaired) electrons. The van der Waals surface area contributed by atoms with Crippen molar-refractivity contribution in [2.75, 3.05) is 26.8 Å². The molecule has 88 valence electrons. The van der Waals surface area contributed by atoms with E-state index in [1.54, 1.807) is 20.9 Å². The van der Waals surface area contributed by atoms with E-state index in [4.69, 9.17) is 10.5 Å². The zero-order chi connectivity index (χ0) is 11.7. The van der Waals surface area contributed by atoms with Crippen LogP contribution in [0.5, 0.6) is 0 Å². The highest BCUT2D eigenvalue weighted by Crippen LogP contribution is 2.18. The first kappa shape index (κ1) is 12.4. The van der Waals surface area contributed by atoms with Crippen LogP contribution in [-0.2, 0) is 9.53 Å². The van der Waals surface area contributed by atoms with Gasteiger partial charge in [-0.05, 0) is 20.3 Å². The Morgan fingerprint density at radius 3 is 2.67 bits per heavy atom. The molecule has 1 saturated heterocycles. The first-order valence-corrected chi connectivity index (χ1v) is 5.09. The van der Waals surface area contributed by atoms with Crippen LogP contribution in [0, 0.1) is 0 Å². The minimum absolute atomic E-state index is 0.165. The van der Waals surface area contributed by atoms with E-state index in [0.717, 1.165) is 0 Å². The van der Waals surface area contributed by atoms with Crippen LogP contribution >= 0.6 is 0 Å². The maximum Gasteiger partial charge on any atom is 0.244 e. The summed E-state index contributed by atoms with van der Waals surface area (Å²) in [5.41, 5.74) is 4.12. The van der Waals surface area contributed by atoms with E-state index in [1.165, 1.54) is 4.90 Å². The second-order valence-corrected chi connectivity index (χ2v) is 4.93. The highest BCUT2D eigenvalue weighted by molar-refractivity contribution is 5.86. The summed E-state index contributed by atoms with van der Waals surface area (Å²) in [7, 11) is 1.65. The van der Waals surface area contributed by atoms with Crippen LogP contribution < -0.4 is 5.73 Å². The molecule has 3 N–H and O–H groups in total. The van der Waals surface area contributed by atoms with Gasteiger partial charge in [-0.15, -0.1) is 0 Å². The predicted molar refractivity (Wildman–Crippen MR) is 56.3 cm³/mol. The lowest BCUT2D eigenvalue weighted by molar-refractivity contribution is -0.138. The van der Waals surface area contributed by atoms with Crippen molar-refractivity contribution in [2.45, 2.75) is 31.4 Å². The first-order chi connectivity index (χ1) is 6.75. The van der Waals surface area contributed by atoms with Gasteiger partial charge in [0.05, 0.1) is 12.2 Å². The van der Waals surface area contributed by atoms with Crippen LogP contribution in [0.25, 0.3) is 0 Å². The quantitative estimate of drug-likeness (QED) is 0.656. The molecular formula is C10H20N2O3. The number of nitrogens with two attached hydrogens (primary N) is 1.